The van der Waals surface area contributed by atoms with Gasteiger partial charge in [-0.25, -0.2) is 0 Å². The number of carbonyl (C=O) groups is 2. The molecule has 2 atom stereocenters. The summed E-state index contributed by atoms with van der Waals surface area (Å²) in [6.45, 7) is 7.45. The summed E-state index contributed by atoms with van der Waals surface area (Å²) in [7, 11) is 0. The fraction of sp³-hybridized carbons (Fsp3) is 0.600. The lowest BCUT2D eigenvalue weighted by Crippen LogP contribution is -2.28. The summed E-state index contributed by atoms with van der Waals surface area (Å²) in [5.41, 5.74) is 1.49. The van der Waals surface area contributed by atoms with E-state index in [4.69, 9.17) is 9.47 Å². The molecule has 0 aromatic heterocycles. The number of hydrogen-bond acceptors (Lipinski definition) is 4. The molecular weight excluding hydrogens is 320 g/mol. The molecule has 0 unspecified atom stereocenters. The maximum Gasteiger partial charge on any atom is 0.310 e. The number of hydrogen-bond donors (Lipinski definition) is 1. The standard InChI is InChI=1S/C20H28O5/c1-5-14(19(22)23)12-16-8-7-15-10-13(6-9-17(15)24-16)11-18(21)25-20(2,3)4/h6,9-10,14,16H,5,7-8,11-12H2,1-4H3,(H,22,23)/t14-,16+/m0/s1. The second kappa shape index (κ2) is 7.89. The quantitative estimate of drug-likeness (QED) is 0.792. The monoisotopic (exact) mass is 348 g/mol. The minimum atomic E-state index is -0.760. The van der Waals surface area contributed by atoms with Crippen molar-refractivity contribution < 1.29 is 24.2 Å². The second-order valence-electron chi connectivity index (χ2n) is 7.66. The van der Waals surface area contributed by atoms with Crippen LogP contribution in [0.3, 0.4) is 0 Å². The molecule has 1 aromatic carbocycles. The minimum absolute atomic E-state index is 0.0646. The van der Waals surface area contributed by atoms with Crippen molar-refractivity contribution in [1.29, 1.82) is 0 Å². The van der Waals surface area contributed by atoms with Crippen molar-refractivity contribution in [3.8, 4) is 5.75 Å². The highest BCUT2D eigenvalue weighted by Crippen LogP contribution is 2.31. The summed E-state index contributed by atoms with van der Waals surface area (Å²) >= 11 is 0. The Labute approximate surface area is 149 Å². The van der Waals surface area contributed by atoms with E-state index in [1.54, 1.807) is 0 Å². The number of aryl methyl sites for hydroxylation is 1. The molecule has 1 heterocycles. The SMILES string of the molecule is CC[C@@H](C[C@H]1CCc2cc(CC(=O)OC(C)(C)C)ccc2O1)C(=O)O. The van der Waals surface area contributed by atoms with Gasteiger partial charge in [-0.05, 0) is 63.6 Å². The Morgan fingerprint density at radius 2 is 2.08 bits per heavy atom. The number of carboxylic acid groups (broad SMARTS) is 1. The highest BCUT2D eigenvalue weighted by Gasteiger charge is 2.26. The average Bonchev–Trinajstić information content (AvgIpc) is 2.50. The molecule has 1 aliphatic heterocycles. The number of fused-ring (bicyclic) bond motifs is 1. The van der Waals surface area contributed by atoms with Crippen LogP contribution >= 0.6 is 0 Å². The summed E-state index contributed by atoms with van der Waals surface area (Å²) in [6.07, 6.45) is 2.95. The molecule has 0 saturated carbocycles. The first-order chi connectivity index (χ1) is 11.7. The van der Waals surface area contributed by atoms with E-state index in [0.717, 1.165) is 29.7 Å². The largest absolute Gasteiger partial charge is 0.490 e. The fourth-order valence-corrected chi connectivity index (χ4v) is 3.08. The van der Waals surface area contributed by atoms with E-state index in [1.807, 2.05) is 45.9 Å². The van der Waals surface area contributed by atoms with Crippen LogP contribution in [0.25, 0.3) is 0 Å². The third-order valence-electron chi connectivity index (χ3n) is 4.31. The molecule has 0 spiro atoms. The molecule has 5 heteroatoms. The van der Waals surface area contributed by atoms with Gasteiger partial charge in [0.2, 0.25) is 0 Å². The van der Waals surface area contributed by atoms with Gasteiger partial charge in [0.15, 0.2) is 0 Å². The van der Waals surface area contributed by atoms with Crippen LogP contribution in [0.1, 0.15) is 58.1 Å². The second-order valence-corrected chi connectivity index (χ2v) is 7.66. The van der Waals surface area contributed by atoms with Gasteiger partial charge in [0, 0.05) is 0 Å². The number of aliphatic carboxylic acids is 1. The Morgan fingerprint density at radius 1 is 1.36 bits per heavy atom. The van der Waals surface area contributed by atoms with E-state index in [0.29, 0.717) is 12.8 Å². The van der Waals surface area contributed by atoms with Crippen molar-refractivity contribution >= 4 is 11.9 Å². The zero-order valence-corrected chi connectivity index (χ0v) is 15.5. The van der Waals surface area contributed by atoms with E-state index >= 15 is 0 Å². The van der Waals surface area contributed by atoms with Crippen LogP contribution in [0.2, 0.25) is 0 Å². The van der Waals surface area contributed by atoms with E-state index in [1.165, 1.54) is 0 Å². The van der Waals surface area contributed by atoms with Crippen molar-refractivity contribution in [2.75, 3.05) is 0 Å². The van der Waals surface area contributed by atoms with Crippen LogP contribution in [0.4, 0.5) is 0 Å². The number of rotatable bonds is 6. The zero-order chi connectivity index (χ0) is 18.6. The molecule has 25 heavy (non-hydrogen) atoms. The van der Waals surface area contributed by atoms with Crippen LogP contribution < -0.4 is 4.74 Å². The molecule has 0 amide bonds. The zero-order valence-electron chi connectivity index (χ0n) is 15.5. The molecule has 5 nitrogen and oxygen atoms in total. The summed E-state index contributed by atoms with van der Waals surface area (Å²) in [4.78, 5) is 23.2. The van der Waals surface area contributed by atoms with Crippen LogP contribution in [0.5, 0.6) is 5.75 Å². The Balaban J connectivity index is 1.99. The van der Waals surface area contributed by atoms with Crippen LogP contribution in [0.15, 0.2) is 18.2 Å². The Kier molecular flexibility index (Phi) is 6.09. The first-order valence-electron chi connectivity index (χ1n) is 8.91. The predicted octanol–water partition coefficient (Wildman–Crippen LogP) is 3.77. The van der Waals surface area contributed by atoms with Gasteiger partial charge >= 0.3 is 11.9 Å². The molecule has 138 valence electrons. The number of ether oxygens (including phenoxy) is 2. The highest BCUT2D eigenvalue weighted by atomic mass is 16.6. The van der Waals surface area contributed by atoms with Crippen molar-refractivity contribution in [1.82, 2.24) is 0 Å². The van der Waals surface area contributed by atoms with Gasteiger partial charge in [-0.1, -0.05) is 19.1 Å². The number of benzene rings is 1. The van der Waals surface area contributed by atoms with Crippen LogP contribution in [0, 0.1) is 5.92 Å². The molecule has 0 bridgehead atoms. The molecule has 2 rings (SSSR count). The average molecular weight is 348 g/mol. The van der Waals surface area contributed by atoms with E-state index in [-0.39, 0.29) is 24.4 Å². The maximum absolute atomic E-state index is 12.0. The Hall–Kier alpha value is -2.04. The lowest BCUT2D eigenvalue weighted by atomic mass is 9.92. The first kappa shape index (κ1) is 19.3. The van der Waals surface area contributed by atoms with Gasteiger partial charge in [0.05, 0.1) is 18.4 Å². The summed E-state index contributed by atoms with van der Waals surface area (Å²) < 4.78 is 11.3. The number of esters is 1. The molecule has 0 fully saturated rings. The smallest absolute Gasteiger partial charge is 0.310 e. The van der Waals surface area contributed by atoms with Gasteiger partial charge in [0.25, 0.3) is 0 Å². The molecule has 0 aliphatic carbocycles. The topological polar surface area (TPSA) is 72.8 Å². The summed E-state index contributed by atoms with van der Waals surface area (Å²) in [5.74, 6) is -0.568. The predicted molar refractivity (Wildman–Crippen MR) is 94.8 cm³/mol. The molecule has 0 radical (unpaired) electrons. The van der Waals surface area contributed by atoms with Crippen LogP contribution in [-0.4, -0.2) is 28.8 Å². The van der Waals surface area contributed by atoms with Crippen molar-refractivity contribution in [2.45, 2.75) is 71.5 Å². The lowest BCUT2D eigenvalue weighted by Gasteiger charge is -2.28. The minimum Gasteiger partial charge on any atom is -0.490 e. The number of carbonyl (C=O) groups excluding carboxylic acids is 1. The maximum atomic E-state index is 12.0. The Bertz CT molecular complexity index is 629. The van der Waals surface area contributed by atoms with Gasteiger partial charge < -0.3 is 14.6 Å². The lowest BCUT2D eigenvalue weighted by molar-refractivity contribution is -0.154. The van der Waals surface area contributed by atoms with Gasteiger partial charge in [-0.3, -0.25) is 9.59 Å². The van der Waals surface area contributed by atoms with Gasteiger partial charge in [0.1, 0.15) is 11.4 Å². The summed E-state index contributed by atoms with van der Waals surface area (Å²) in [6, 6.07) is 5.74. The van der Waals surface area contributed by atoms with Gasteiger partial charge in [-0.2, -0.15) is 0 Å². The molecular formula is C20H28O5. The molecule has 1 aliphatic rings. The molecule has 1 aromatic rings. The van der Waals surface area contributed by atoms with Gasteiger partial charge in [-0.15, -0.1) is 0 Å². The van der Waals surface area contributed by atoms with E-state index < -0.39 is 11.6 Å². The third-order valence-corrected chi connectivity index (χ3v) is 4.31. The third kappa shape index (κ3) is 5.76. The molecule has 0 saturated heterocycles. The highest BCUT2D eigenvalue weighted by molar-refractivity contribution is 5.73. The summed E-state index contributed by atoms with van der Waals surface area (Å²) in [5, 5.41) is 9.20. The number of carboxylic acids is 1. The first-order valence-corrected chi connectivity index (χ1v) is 8.91. The van der Waals surface area contributed by atoms with Crippen molar-refractivity contribution in [3.63, 3.8) is 0 Å². The fourth-order valence-electron chi connectivity index (χ4n) is 3.08. The van der Waals surface area contributed by atoms with Crippen molar-refractivity contribution in [3.05, 3.63) is 29.3 Å². The van der Waals surface area contributed by atoms with E-state index in [2.05, 4.69) is 0 Å². The Morgan fingerprint density at radius 3 is 2.68 bits per heavy atom. The molecule has 1 N–H and O–H groups in total. The van der Waals surface area contributed by atoms with Crippen molar-refractivity contribution in [2.24, 2.45) is 5.92 Å². The van der Waals surface area contributed by atoms with Crippen LogP contribution in [-0.2, 0) is 27.2 Å². The van der Waals surface area contributed by atoms with E-state index in [9.17, 15) is 14.7 Å². The normalized spacial score (nSPS) is 18.0.